The van der Waals surface area contributed by atoms with E-state index in [1.807, 2.05) is 24.3 Å². The molecule has 1 amide bonds. The number of carbonyl (C=O) groups is 1. The molecule has 6 nitrogen and oxygen atoms in total. The molecule has 1 aromatic heterocycles. The first-order chi connectivity index (χ1) is 14.1. The standard InChI is InChI=1S/C23H25N3O3/c1-4-16-5-8-18(9-6-16)25-19-10-12-22(24-15-19)26-23(27)14-17-7-11-20(28-2)21(13-17)29-3/h5-13,15,25H,4,14H2,1-3H3,(H,24,26,27). The molecule has 1 heterocycles. The van der Waals surface area contributed by atoms with E-state index in [4.69, 9.17) is 9.47 Å². The zero-order valence-electron chi connectivity index (χ0n) is 16.9. The van der Waals surface area contributed by atoms with E-state index in [1.165, 1.54) is 5.56 Å². The minimum atomic E-state index is -0.152. The molecule has 0 atom stereocenters. The lowest BCUT2D eigenvalue weighted by molar-refractivity contribution is -0.115. The first-order valence-corrected chi connectivity index (χ1v) is 9.44. The predicted octanol–water partition coefficient (Wildman–Crippen LogP) is 4.59. The Kier molecular flexibility index (Phi) is 6.68. The lowest BCUT2D eigenvalue weighted by Gasteiger charge is -2.10. The number of aryl methyl sites for hydroxylation is 1. The fraction of sp³-hybridized carbons (Fsp3) is 0.217. The van der Waals surface area contributed by atoms with E-state index in [9.17, 15) is 4.79 Å². The topological polar surface area (TPSA) is 72.5 Å². The first kappa shape index (κ1) is 20.2. The van der Waals surface area contributed by atoms with Crippen molar-refractivity contribution in [1.82, 2.24) is 4.98 Å². The fourth-order valence-electron chi connectivity index (χ4n) is 2.90. The van der Waals surface area contributed by atoms with Crippen molar-refractivity contribution in [1.29, 1.82) is 0 Å². The van der Waals surface area contributed by atoms with E-state index in [2.05, 4.69) is 34.7 Å². The molecule has 0 radical (unpaired) electrons. The van der Waals surface area contributed by atoms with Gasteiger partial charge in [0.25, 0.3) is 0 Å². The van der Waals surface area contributed by atoms with E-state index in [-0.39, 0.29) is 12.3 Å². The van der Waals surface area contributed by atoms with Gasteiger partial charge in [0.1, 0.15) is 5.82 Å². The molecular formula is C23H25N3O3. The maximum atomic E-state index is 12.3. The van der Waals surface area contributed by atoms with E-state index < -0.39 is 0 Å². The maximum absolute atomic E-state index is 12.3. The van der Waals surface area contributed by atoms with E-state index in [0.717, 1.165) is 23.4 Å². The number of aromatic nitrogens is 1. The number of nitrogens with one attached hydrogen (secondary N) is 2. The Hall–Kier alpha value is -3.54. The summed E-state index contributed by atoms with van der Waals surface area (Å²) in [5.74, 6) is 1.58. The van der Waals surface area contributed by atoms with E-state index in [0.29, 0.717) is 17.3 Å². The van der Waals surface area contributed by atoms with Gasteiger partial charge in [0, 0.05) is 5.69 Å². The molecule has 150 valence electrons. The number of anilines is 3. The van der Waals surface area contributed by atoms with Crippen molar-refractivity contribution in [2.75, 3.05) is 24.9 Å². The number of benzene rings is 2. The van der Waals surface area contributed by atoms with Crippen molar-refractivity contribution in [3.8, 4) is 11.5 Å². The van der Waals surface area contributed by atoms with Crippen LogP contribution in [-0.4, -0.2) is 25.1 Å². The molecule has 0 spiro atoms. The van der Waals surface area contributed by atoms with Gasteiger partial charge in [-0.2, -0.15) is 0 Å². The molecular weight excluding hydrogens is 366 g/mol. The molecule has 0 fully saturated rings. The lowest BCUT2D eigenvalue weighted by Crippen LogP contribution is -2.15. The van der Waals surface area contributed by atoms with Gasteiger partial charge in [-0.1, -0.05) is 25.1 Å². The van der Waals surface area contributed by atoms with Crippen LogP contribution in [0.25, 0.3) is 0 Å². The Bertz CT molecular complexity index is 954. The highest BCUT2D eigenvalue weighted by Crippen LogP contribution is 2.27. The molecule has 0 aliphatic heterocycles. The van der Waals surface area contributed by atoms with Gasteiger partial charge in [0.2, 0.25) is 5.91 Å². The van der Waals surface area contributed by atoms with Gasteiger partial charge in [-0.05, 0) is 53.9 Å². The minimum Gasteiger partial charge on any atom is -0.493 e. The largest absolute Gasteiger partial charge is 0.493 e. The normalized spacial score (nSPS) is 10.3. The number of pyridine rings is 1. The average Bonchev–Trinajstić information content (AvgIpc) is 2.75. The Morgan fingerprint density at radius 3 is 2.21 bits per heavy atom. The van der Waals surface area contributed by atoms with Crippen LogP contribution in [0.1, 0.15) is 18.1 Å². The summed E-state index contributed by atoms with van der Waals surface area (Å²) >= 11 is 0. The van der Waals surface area contributed by atoms with Crippen LogP contribution in [-0.2, 0) is 17.6 Å². The van der Waals surface area contributed by atoms with Crippen LogP contribution < -0.4 is 20.1 Å². The van der Waals surface area contributed by atoms with Crippen LogP contribution in [0.3, 0.4) is 0 Å². The van der Waals surface area contributed by atoms with Gasteiger partial charge in [-0.3, -0.25) is 4.79 Å². The van der Waals surface area contributed by atoms with Gasteiger partial charge < -0.3 is 20.1 Å². The molecule has 2 N–H and O–H groups in total. The molecule has 0 saturated carbocycles. The number of hydrogen-bond acceptors (Lipinski definition) is 5. The van der Waals surface area contributed by atoms with Crippen molar-refractivity contribution < 1.29 is 14.3 Å². The molecule has 6 heteroatoms. The number of nitrogens with zero attached hydrogens (tertiary/aromatic N) is 1. The van der Waals surface area contributed by atoms with Gasteiger partial charge >= 0.3 is 0 Å². The maximum Gasteiger partial charge on any atom is 0.229 e. The Morgan fingerprint density at radius 1 is 0.897 bits per heavy atom. The summed E-state index contributed by atoms with van der Waals surface area (Å²) in [5, 5.41) is 6.11. The van der Waals surface area contributed by atoms with Crippen LogP contribution in [0.5, 0.6) is 11.5 Å². The third-order valence-corrected chi connectivity index (χ3v) is 4.49. The van der Waals surface area contributed by atoms with Crippen molar-refractivity contribution in [3.05, 3.63) is 71.9 Å². The summed E-state index contributed by atoms with van der Waals surface area (Å²) in [5.41, 5.74) is 3.97. The second kappa shape index (κ2) is 9.59. The molecule has 29 heavy (non-hydrogen) atoms. The number of carbonyl (C=O) groups excluding carboxylic acids is 1. The van der Waals surface area contributed by atoms with Crippen molar-refractivity contribution in [2.45, 2.75) is 19.8 Å². The summed E-state index contributed by atoms with van der Waals surface area (Å²) in [6.07, 6.45) is 2.92. The molecule has 3 aromatic rings. The van der Waals surface area contributed by atoms with Crippen LogP contribution in [0, 0.1) is 0 Å². The third-order valence-electron chi connectivity index (χ3n) is 4.49. The molecule has 0 bridgehead atoms. The number of hydrogen-bond donors (Lipinski definition) is 2. The van der Waals surface area contributed by atoms with Crippen LogP contribution >= 0.6 is 0 Å². The summed E-state index contributed by atoms with van der Waals surface area (Å²) in [4.78, 5) is 16.6. The second-order valence-electron chi connectivity index (χ2n) is 6.52. The lowest BCUT2D eigenvalue weighted by atomic mass is 10.1. The zero-order chi connectivity index (χ0) is 20.6. The monoisotopic (exact) mass is 391 g/mol. The quantitative estimate of drug-likeness (QED) is 0.588. The van der Waals surface area contributed by atoms with E-state index >= 15 is 0 Å². The van der Waals surface area contributed by atoms with Crippen molar-refractivity contribution in [2.24, 2.45) is 0 Å². The van der Waals surface area contributed by atoms with Crippen LogP contribution in [0.4, 0.5) is 17.2 Å². The fourth-order valence-corrected chi connectivity index (χ4v) is 2.90. The highest BCUT2D eigenvalue weighted by atomic mass is 16.5. The number of amides is 1. The predicted molar refractivity (Wildman–Crippen MR) is 115 cm³/mol. The second-order valence-corrected chi connectivity index (χ2v) is 6.52. The smallest absolute Gasteiger partial charge is 0.229 e. The van der Waals surface area contributed by atoms with Crippen molar-refractivity contribution >= 4 is 23.1 Å². The Balaban J connectivity index is 1.58. The molecule has 0 aliphatic carbocycles. The highest BCUT2D eigenvalue weighted by molar-refractivity contribution is 5.91. The summed E-state index contributed by atoms with van der Waals surface area (Å²) in [7, 11) is 3.15. The SMILES string of the molecule is CCc1ccc(Nc2ccc(NC(=O)Cc3ccc(OC)c(OC)c3)nc2)cc1. The molecule has 3 rings (SSSR count). The molecule has 0 aliphatic rings. The number of methoxy groups -OCH3 is 2. The van der Waals surface area contributed by atoms with Gasteiger partial charge in [-0.15, -0.1) is 0 Å². The Labute approximate surface area is 170 Å². The Morgan fingerprint density at radius 2 is 1.59 bits per heavy atom. The van der Waals surface area contributed by atoms with E-state index in [1.54, 1.807) is 38.6 Å². The van der Waals surface area contributed by atoms with Gasteiger partial charge in [-0.25, -0.2) is 4.98 Å². The van der Waals surface area contributed by atoms with Crippen LogP contribution in [0.15, 0.2) is 60.8 Å². The molecule has 0 unspecified atom stereocenters. The summed E-state index contributed by atoms with van der Waals surface area (Å²) in [6, 6.07) is 17.3. The highest BCUT2D eigenvalue weighted by Gasteiger charge is 2.09. The molecule has 0 saturated heterocycles. The molecule has 2 aromatic carbocycles. The summed E-state index contributed by atoms with van der Waals surface area (Å²) in [6.45, 7) is 2.13. The summed E-state index contributed by atoms with van der Waals surface area (Å²) < 4.78 is 10.5. The van der Waals surface area contributed by atoms with Gasteiger partial charge in [0.15, 0.2) is 11.5 Å². The van der Waals surface area contributed by atoms with Crippen LogP contribution in [0.2, 0.25) is 0 Å². The van der Waals surface area contributed by atoms with Crippen molar-refractivity contribution in [3.63, 3.8) is 0 Å². The minimum absolute atomic E-state index is 0.152. The first-order valence-electron chi connectivity index (χ1n) is 9.44. The zero-order valence-corrected chi connectivity index (χ0v) is 16.9. The third kappa shape index (κ3) is 5.48. The van der Waals surface area contributed by atoms with Gasteiger partial charge in [0.05, 0.1) is 32.5 Å². The number of rotatable bonds is 8. The number of ether oxygens (including phenoxy) is 2. The average molecular weight is 391 g/mol.